The van der Waals surface area contributed by atoms with Gasteiger partial charge in [0.15, 0.2) is 0 Å². The molecule has 21 nitrogen and oxygen atoms in total. The number of aromatic nitrogens is 6. The van der Waals surface area contributed by atoms with Crippen LogP contribution in [0.5, 0.6) is 86.2 Å². The molecule has 0 aliphatic rings. The maximum atomic E-state index is 8.71. The largest absolute Gasteiger partial charge is 0.497 e. The maximum absolute atomic E-state index is 8.71. The Morgan fingerprint density at radius 2 is 0.363 bits per heavy atom. The van der Waals surface area contributed by atoms with Gasteiger partial charge in [-0.1, -0.05) is 31.4 Å². The Balaban J connectivity index is 0.947. The number of nitrogens with zero attached hydrogens (tertiary/aromatic N) is 6. The lowest BCUT2D eigenvalue weighted by molar-refractivity contribution is 0.415. The molecule has 0 atom stereocenters. The van der Waals surface area contributed by atoms with Crippen molar-refractivity contribution in [3.8, 4) is 97.4 Å². The van der Waals surface area contributed by atoms with Crippen LogP contribution >= 0.6 is 25.3 Å². The molecule has 0 aliphatic heterocycles. The van der Waals surface area contributed by atoms with Gasteiger partial charge >= 0.3 is 25.3 Å². The lowest BCUT2D eigenvalue weighted by Gasteiger charge is -2.29. The average molecular weight is 1700 g/mol. The van der Waals surface area contributed by atoms with Gasteiger partial charge in [0.1, 0.15) is 86.2 Å². The van der Waals surface area contributed by atoms with Gasteiger partial charge < -0.3 is 70.4 Å². The van der Waals surface area contributed by atoms with Crippen molar-refractivity contribution in [1.82, 2.24) is 26.0 Å². The molecule has 6 heterocycles. The summed E-state index contributed by atoms with van der Waals surface area (Å²) in [6.07, 6.45) is 3.68. The van der Waals surface area contributed by atoms with E-state index in [2.05, 4.69) is 203 Å². The van der Waals surface area contributed by atoms with E-state index >= 15 is 0 Å². The molecule has 0 fully saturated rings. The Morgan fingerprint density at radius 3 is 0.524 bits per heavy atom. The fraction of sp³-hybridized carbons (Fsp3) is 0.120. The highest BCUT2D eigenvalue weighted by molar-refractivity contribution is 7.51. The second kappa shape index (κ2) is 31.6. The lowest BCUT2D eigenvalue weighted by atomic mass is 9.98. The summed E-state index contributed by atoms with van der Waals surface area (Å²) in [6.45, 7) is 9.15. The standard InChI is InChI=1S/C100H83N6O15P3/c1-15-58-17-42-97(119-122(101-85-30-18-60(107-3)46-72(85)73-47-61(108-4)19-31-86(73)101)102-87-32-20-62(109-5)48-74(87)75-49-63(110-6)21-33-88(75)102)84(43-58)100-98(120-123(103-89-34-22-64(111-7)50-76(89)77-51-65(112-8)23-35-90(77)103)104-91-36-24-66(113-9)52-78(91)79-53-67(114-10)25-37-92(79)104)44-59(16-2)45-99(100)121-124(105-93-38-26-68(115-11)54-80(93)81-55-69(116-12)27-39-94(81)105)106-95-40-28-70(117-13)56-82(95)83-57-71(118-14)29-41-96(83)106/h15-57H,1-2H2,3-14H3. The molecule has 14 aromatic carbocycles. The van der Waals surface area contributed by atoms with Gasteiger partial charge in [-0.25, -0.2) is 0 Å². The van der Waals surface area contributed by atoms with Gasteiger partial charge in [-0.3, -0.25) is 26.0 Å². The predicted octanol–water partition coefficient (Wildman–Crippen LogP) is 25.5. The Morgan fingerprint density at radius 1 is 0.194 bits per heavy atom. The van der Waals surface area contributed by atoms with Crippen LogP contribution in [-0.4, -0.2) is 111 Å². The van der Waals surface area contributed by atoms with Gasteiger partial charge in [-0.15, -0.1) is 0 Å². The molecule has 0 N–H and O–H groups in total. The van der Waals surface area contributed by atoms with Crippen molar-refractivity contribution in [2.75, 3.05) is 85.3 Å². The van der Waals surface area contributed by atoms with Crippen molar-refractivity contribution in [1.29, 1.82) is 0 Å². The minimum Gasteiger partial charge on any atom is -0.497 e. The zero-order chi connectivity index (χ0) is 85.0. The van der Waals surface area contributed by atoms with Crippen LogP contribution in [-0.2, 0) is 0 Å². The Bertz CT molecular complexity index is 6730. The molecule has 0 saturated heterocycles. The van der Waals surface area contributed by atoms with Crippen molar-refractivity contribution < 1.29 is 70.4 Å². The normalized spacial score (nSPS) is 11.8. The summed E-state index contributed by atoms with van der Waals surface area (Å²) in [7, 11) is 13.3. The van der Waals surface area contributed by atoms with Crippen LogP contribution in [0.1, 0.15) is 11.1 Å². The van der Waals surface area contributed by atoms with Crippen molar-refractivity contribution in [3.05, 3.63) is 273 Å². The van der Waals surface area contributed by atoms with Crippen LogP contribution in [0.4, 0.5) is 0 Å². The minimum atomic E-state index is -2.32. The number of ether oxygens (including phenoxy) is 12. The van der Waals surface area contributed by atoms with E-state index < -0.39 is 25.3 Å². The van der Waals surface area contributed by atoms with Crippen molar-refractivity contribution in [2.45, 2.75) is 0 Å². The van der Waals surface area contributed by atoms with E-state index in [0.29, 0.717) is 103 Å². The monoisotopic (exact) mass is 1700 g/mol. The van der Waals surface area contributed by atoms with Crippen LogP contribution in [0.15, 0.2) is 262 Å². The smallest absolute Gasteiger partial charge is 0.319 e. The molecule has 0 radical (unpaired) electrons. The number of methoxy groups -OCH3 is 12. The third kappa shape index (κ3) is 12.7. The second-order valence-corrected chi connectivity index (χ2v) is 34.0. The molecule has 20 aromatic rings. The minimum absolute atomic E-state index is 0.374. The van der Waals surface area contributed by atoms with Gasteiger partial charge in [-0.2, -0.15) is 0 Å². The molecular weight excluding hydrogens is 1620 g/mol. The van der Waals surface area contributed by atoms with Crippen LogP contribution in [0, 0.1) is 0 Å². The first-order valence-corrected chi connectivity index (χ1v) is 43.3. The van der Waals surface area contributed by atoms with Gasteiger partial charge in [-0.05, 0) is 254 Å². The number of benzene rings is 14. The highest BCUT2D eigenvalue weighted by atomic mass is 31.2. The molecule has 0 amide bonds. The zero-order valence-electron chi connectivity index (χ0n) is 69.9. The first-order valence-electron chi connectivity index (χ1n) is 39.8. The third-order valence-corrected chi connectivity index (χ3v) is 29.0. The zero-order valence-corrected chi connectivity index (χ0v) is 72.6. The Labute approximate surface area is 716 Å². The quantitative estimate of drug-likeness (QED) is 0.0446. The number of fused-ring (bicyclic) bond motifs is 18. The molecule has 618 valence electrons. The van der Waals surface area contributed by atoms with Gasteiger partial charge in [0, 0.05) is 70.2 Å². The lowest BCUT2D eigenvalue weighted by Crippen LogP contribution is -2.11. The summed E-state index contributed by atoms with van der Waals surface area (Å²) >= 11 is 0. The SMILES string of the molecule is C=Cc1cc(OP(n2c3ccc(OC)cc3c3cc(OC)ccc32)n2c3ccc(OC)cc3c3cc(OC)ccc32)c(-c2cc(C=C)ccc2OP(n2c3ccc(OC)cc3c3cc(OC)ccc32)n2c3ccc(OC)cc3c3cc(OC)ccc32)c(OP(n2c3ccc(OC)cc3c3cc(OC)ccc32)n2c3ccc(OC)cc3c3cc(OC)ccc32)c1. The van der Waals surface area contributed by atoms with Crippen molar-refractivity contribution in [3.63, 3.8) is 0 Å². The average Bonchev–Trinajstić information content (AvgIpc) is 1.56. The van der Waals surface area contributed by atoms with Gasteiger partial charge in [0.2, 0.25) is 0 Å². The first kappa shape index (κ1) is 78.2. The van der Waals surface area contributed by atoms with E-state index in [1.54, 1.807) is 85.3 Å². The van der Waals surface area contributed by atoms with Gasteiger partial charge in [0.05, 0.1) is 157 Å². The first-order chi connectivity index (χ1) is 60.8. The molecular formula is C100H83N6O15P3. The summed E-state index contributed by atoms with van der Waals surface area (Å²) in [5.74, 6) is 9.14. The van der Waals surface area contributed by atoms with Crippen LogP contribution in [0.25, 0.3) is 154 Å². The second-order valence-electron chi connectivity index (χ2n) is 29.6. The Hall–Kier alpha value is -14.4. The molecule has 0 bridgehead atoms. The van der Waals surface area contributed by atoms with Gasteiger partial charge in [0.25, 0.3) is 0 Å². The molecule has 20 rings (SSSR count). The molecule has 6 aromatic heterocycles. The molecule has 124 heavy (non-hydrogen) atoms. The summed E-state index contributed by atoms with van der Waals surface area (Å²) in [6, 6.07) is 84.1. The molecule has 0 saturated carbocycles. The number of hydrogen-bond donors (Lipinski definition) is 0. The number of rotatable bonds is 27. The van der Waals surface area contributed by atoms with E-state index in [9.17, 15) is 0 Å². The van der Waals surface area contributed by atoms with E-state index in [1.165, 1.54) is 0 Å². The number of hydrogen-bond acceptors (Lipinski definition) is 15. The molecule has 0 unspecified atom stereocenters. The highest BCUT2D eigenvalue weighted by Crippen LogP contribution is 2.63. The van der Waals surface area contributed by atoms with E-state index in [4.69, 9.17) is 70.4 Å². The highest BCUT2D eigenvalue weighted by Gasteiger charge is 2.37. The van der Waals surface area contributed by atoms with Crippen LogP contribution in [0.3, 0.4) is 0 Å². The summed E-state index contributed by atoms with van der Waals surface area (Å²) in [5.41, 5.74) is 12.5. The predicted molar refractivity (Wildman–Crippen MR) is 502 cm³/mol. The van der Waals surface area contributed by atoms with E-state index in [-0.39, 0.29) is 0 Å². The van der Waals surface area contributed by atoms with Crippen molar-refractivity contribution in [2.24, 2.45) is 0 Å². The summed E-state index contributed by atoms with van der Waals surface area (Å²) in [4.78, 5) is 0. The molecule has 0 aliphatic carbocycles. The fourth-order valence-corrected chi connectivity index (χ4v) is 23.6. The van der Waals surface area contributed by atoms with Crippen molar-refractivity contribution >= 4 is 168 Å². The van der Waals surface area contributed by atoms with Crippen LogP contribution < -0.4 is 70.4 Å². The fourth-order valence-electron chi connectivity index (χ4n) is 17.3. The molecule has 0 spiro atoms. The third-order valence-electron chi connectivity index (χ3n) is 23.3. The van der Waals surface area contributed by atoms with E-state index in [0.717, 1.165) is 136 Å². The van der Waals surface area contributed by atoms with Crippen LogP contribution in [0.2, 0.25) is 0 Å². The Kier molecular flexibility index (Phi) is 19.9. The topological polar surface area (TPSA) is 168 Å². The molecule has 24 heteroatoms. The van der Waals surface area contributed by atoms with E-state index in [1.807, 2.05) is 97.1 Å². The summed E-state index contributed by atoms with van der Waals surface area (Å²) in [5, 5.41) is 10.7. The maximum Gasteiger partial charge on any atom is 0.319 e. The summed E-state index contributed by atoms with van der Waals surface area (Å²) < 4.78 is 113.